The second-order valence-electron chi connectivity index (χ2n) is 5.88. The van der Waals surface area contributed by atoms with E-state index in [-0.39, 0.29) is 18.4 Å². The van der Waals surface area contributed by atoms with Gasteiger partial charge in [0.25, 0.3) is 11.8 Å². The zero-order chi connectivity index (χ0) is 17.8. The van der Waals surface area contributed by atoms with Crippen molar-refractivity contribution in [3.63, 3.8) is 0 Å². The van der Waals surface area contributed by atoms with Crippen LogP contribution in [0.4, 0.5) is 0 Å². The number of halogens is 1. The second-order valence-corrected chi connectivity index (χ2v) is 6.66. The molecule has 132 valence electrons. The first-order chi connectivity index (χ1) is 12.0. The van der Waals surface area contributed by atoms with Gasteiger partial charge in [0.15, 0.2) is 17.0 Å². The molecule has 6 nitrogen and oxygen atoms in total. The van der Waals surface area contributed by atoms with Crippen LogP contribution in [-0.2, 0) is 4.79 Å². The summed E-state index contributed by atoms with van der Waals surface area (Å²) in [7, 11) is 0. The van der Waals surface area contributed by atoms with Crippen molar-refractivity contribution < 1.29 is 18.7 Å². The molecule has 1 aromatic carbocycles. The average Bonchev–Trinajstić information content (AvgIpc) is 3.07. The lowest BCUT2D eigenvalue weighted by atomic mass is 10.2. The van der Waals surface area contributed by atoms with Gasteiger partial charge in [0.1, 0.15) is 5.75 Å². The maximum Gasteiger partial charge on any atom is 0.289 e. The number of aryl methyl sites for hydroxylation is 1. The highest BCUT2D eigenvalue weighted by atomic mass is 79.9. The van der Waals surface area contributed by atoms with Crippen LogP contribution in [-0.4, -0.2) is 54.4 Å². The molecule has 1 aliphatic heterocycles. The number of amides is 2. The Bertz CT molecular complexity index is 749. The van der Waals surface area contributed by atoms with Crippen molar-refractivity contribution in [1.29, 1.82) is 0 Å². The van der Waals surface area contributed by atoms with Gasteiger partial charge in [-0.15, -0.1) is 0 Å². The summed E-state index contributed by atoms with van der Waals surface area (Å²) < 4.78 is 11.3. The quantitative estimate of drug-likeness (QED) is 0.782. The van der Waals surface area contributed by atoms with Crippen LogP contribution in [0.15, 0.2) is 45.5 Å². The number of hydrogen-bond donors (Lipinski definition) is 0. The highest BCUT2D eigenvalue weighted by Gasteiger charge is 2.26. The molecule has 2 amide bonds. The van der Waals surface area contributed by atoms with Crippen LogP contribution in [0, 0.1) is 6.92 Å². The molecular weight excluding hydrogens is 388 g/mol. The molecule has 1 aliphatic rings. The van der Waals surface area contributed by atoms with Crippen LogP contribution in [0.5, 0.6) is 5.75 Å². The molecule has 1 aromatic heterocycles. The summed E-state index contributed by atoms with van der Waals surface area (Å²) >= 11 is 3.19. The standard InChI is InChI=1S/C18H19BrN2O4/c1-13-2-4-14(5-3-13)24-12-17(22)20-8-10-21(11-9-20)18(23)15-6-7-16(19)25-15/h2-7H,8-12H2,1H3. The lowest BCUT2D eigenvalue weighted by Crippen LogP contribution is -2.51. The number of furan rings is 1. The number of carbonyl (C=O) groups is 2. The minimum Gasteiger partial charge on any atom is -0.484 e. The van der Waals surface area contributed by atoms with E-state index >= 15 is 0 Å². The van der Waals surface area contributed by atoms with E-state index in [1.165, 1.54) is 0 Å². The number of hydrogen-bond acceptors (Lipinski definition) is 4. The third-order valence-corrected chi connectivity index (χ3v) is 4.51. The number of rotatable bonds is 4. The summed E-state index contributed by atoms with van der Waals surface area (Å²) in [5.41, 5.74) is 1.14. The summed E-state index contributed by atoms with van der Waals surface area (Å²) in [5.74, 6) is 0.743. The first-order valence-corrected chi connectivity index (χ1v) is 8.84. The zero-order valence-electron chi connectivity index (χ0n) is 13.9. The normalized spacial score (nSPS) is 14.5. The summed E-state index contributed by atoms with van der Waals surface area (Å²) in [4.78, 5) is 28.0. The van der Waals surface area contributed by atoms with Crippen molar-refractivity contribution in [2.75, 3.05) is 32.8 Å². The number of benzene rings is 1. The third-order valence-electron chi connectivity index (χ3n) is 4.09. The predicted molar refractivity (Wildman–Crippen MR) is 95.6 cm³/mol. The smallest absolute Gasteiger partial charge is 0.289 e. The van der Waals surface area contributed by atoms with Gasteiger partial charge < -0.3 is 19.0 Å². The van der Waals surface area contributed by atoms with Crippen LogP contribution < -0.4 is 4.74 Å². The molecule has 2 heterocycles. The Labute approximate surface area is 154 Å². The third kappa shape index (κ3) is 4.42. The van der Waals surface area contributed by atoms with Crippen molar-refractivity contribution in [3.05, 3.63) is 52.4 Å². The molecule has 0 saturated carbocycles. The molecule has 0 atom stereocenters. The van der Waals surface area contributed by atoms with E-state index in [0.717, 1.165) is 5.56 Å². The lowest BCUT2D eigenvalue weighted by molar-refractivity contribution is -0.134. The van der Waals surface area contributed by atoms with E-state index in [1.54, 1.807) is 21.9 Å². The van der Waals surface area contributed by atoms with Gasteiger partial charge in [0, 0.05) is 26.2 Å². The fourth-order valence-corrected chi connectivity index (χ4v) is 2.92. The van der Waals surface area contributed by atoms with Gasteiger partial charge in [-0.3, -0.25) is 9.59 Å². The molecule has 0 unspecified atom stereocenters. The Morgan fingerprint density at radius 3 is 2.28 bits per heavy atom. The van der Waals surface area contributed by atoms with E-state index in [0.29, 0.717) is 42.4 Å². The molecule has 2 aromatic rings. The SMILES string of the molecule is Cc1ccc(OCC(=O)N2CCN(C(=O)c3ccc(Br)o3)CC2)cc1. The zero-order valence-corrected chi connectivity index (χ0v) is 15.5. The van der Waals surface area contributed by atoms with Crippen molar-refractivity contribution in [2.24, 2.45) is 0 Å². The monoisotopic (exact) mass is 406 g/mol. The molecule has 1 saturated heterocycles. The molecule has 0 radical (unpaired) electrons. The summed E-state index contributed by atoms with van der Waals surface area (Å²) in [6, 6.07) is 10.9. The topological polar surface area (TPSA) is 63.0 Å². The Morgan fingerprint density at radius 2 is 1.68 bits per heavy atom. The molecule has 0 bridgehead atoms. The number of piperazine rings is 1. The molecule has 3 rings (SSSR count). The Kier molecular flexibility index (Phi) is 5.43. The van der Waals surface area contributed by atoms with Gasteiger partial charge >= 0.3 is 0 Å². The van der Waals surface area contributed by atoms with Crippen LogP contribution in [0.1, 0.15) is 16.1 Å². The first-order valence-electron chi connectivity index (χ1n) is 8.05. The largest absolute Gasteiger partial charge is 0.484 e. The first kappa shape index (κ1) is 17.5. The minimum absolute atomic E-state index is 0.00212. The Morgan fingerprint density at radius 1 is 1.04 bits per heavy atom. The van der Waals surface area contributed by atoms with Gasteiger partial charge in [-0.25, -0.2) is 0 Å². The van der Waals surface area contributed by atoms with Crippen LogP contribution in [0.3, 0.4) is 0 Å². The molecular formula is C18H19BrN2O4. The lowest BCUT2D eigenvalue weighted by Gasteiger charge is -2.34. The van der Waals surface area contributed by atoms with E-state index in [4.69, 9.17) is 9.15 Å². The van der Waals surface area contributed by atoms with Gasteiger partial charge in [-0.05, 0) is 47.1 Å². The summed E-state index contributed by atoms with van der Waals surface area (Å²) in [6.07, 6.45) is 0. The Hall–Kier alpha value is -2.28. The van der Waals surface area contributed by atoms with Crippen molar-refractivity contribution >= 4 is 27.7 Å². The molecule has 0 aliphatic carbocycles. The van der Waals surface area contributed by atoms with Crippen LogP contribution in [0.25, 0.3) is 0 Å². The van der Waals surface area contributed by atoms with E-state index in [2.05, 4.69) is 15.9 Å². The maximum atomic E-state index is 12.3. The van der Waals surface area contributed by atoms with Gasteiger partial charge in [-0.1, -0.05) is 17.7 Å². The summed E-state index contributed by atoms with van der Waals surface area (Å²) in [5, 5.41) is 0. The van der Waals surface area contributed by atoms with Crippen molar-refractivity contribution in [2.45, 2.75) is 6.92 Å². The average molecular weight is 407 g/mol. The minimum atomic E-state index is -0.159. The highest BCUT2D eigenvalue weighted by molar-refractivity contribution is 9.10. The Balaban J connectivity index is 1.47. The molecule has 25 heavy (non-hydrogen) atoms. The van der Waals surface area contributed by atoms with Gasteiger partial charge in [0.2, 0.25) is 0 Å². The number of ether oxygens (including phenoxy) is 1. The highest BCUT2D eigenvalue weighted by Crippen LogP contribution is 2.17. The van der Waals surface area contributed by atoms with Crippen molar-refractivity contribution in [3.8, 4) is 5.75 Å². The number of nitrogens with zero attached hydrogens (tertiary/aromatic N) is 2. The van der Waals surface area contributed by atoms with E-state index in [1.807, 2.05) is 31.2 Å². The fourth-order valence-electron chi connectivity index (χ4n) is 2.61. The number of carbonyl (C=O) groups excluding carboxylic acids is 2. The van der Waals surface area contributed by atoms with Gasteiger partial charge in [0.05, 0.1) is 0 Å². The van der Waals surface area contributed by atoms with Crippen LogP contribution in [0.2, 0.25) is 0 Å². The van der Waals surface area contributed by atoms with E-state index in [9.17, 15) is 9.59 Å². The molecule has 0 spiro atoms. The fraction of sp³-hybridized carbons (Fsp3) is 0.333. The van der Waals surface area contributed by atoms with Crippen molar-refractivity contribution in [1.82, 2.24) is 9.80 Å². The van der Waals surface area contributed by atoms with E-state index < -0.39 is 0 Å². The maximum absolute atomic E-state index is 12.3. The summed E-state index contributed by atoms with van der Waals surface area (Å²) in [6.45, 7) is 3.94. The predicted octanol–water partition coefficient (Wildman–Crippen LogP) is 2.71. The molecule has 0 N–H and O–H groups in total. The second kappa shape index (κ2) is 7.74. The van der Waals surface area contributed by atoms with Crippen LogP contribution >= 0.6 is 15.9 Å². The molecule has 7 heteroatoms. The van der Waals surface area contributed by atoms with Gasteiger partial charge in [-0.2, -0.15) is 0 Å². The molecule has 1 fully saturated rings.